The van der Waals surface area contributed by atoms with Crippen LogP contribution < -0.4 is 31.8 Å². The predicted octanol–water partition coefficient (Wildman–Crippen LogP) is 7.09. The van der Waals surface area contributed by atoms with E-state index in [4.69, 9.17) is 0 Å². The molecule has 5 aromatic rings. The molecule has 0 saturated heterocycles. The monoisotopic (exact) mass is 534 g/mol. The van der Waals surface area contributed by atoms with E-state index in [9.17, 15) is 0 Å². The van der Waals surface area contributed by atoms with Gasteiger partial charge in [-0.2, -0.15) is 0 Å². The quantitative estimate of drug-likeness (QED) is 0.159. The van der Waals surface area contributed by atoms with Crippen LogP contribution in [0.1, 0.15) is 20.8 Å². The van der Waals surface area contributed by atoms with Crippen LogP contribution in [0.15, 0.2) is 144 Å². The van der Waals surface area contributed by atoms with Gasteiger partial charge in [0.25, 0.3) is 0 Å². The van der Waals surface area contributed by atoms with Crippen molar-refractivity contribution in [2.45, 2.75) is 30.4 Å². The van der Waals surface area contributed by atoms with E-state index in [2.05, 4.69) is 160 Å². The summed E-state index contributed by atoms with van der Waals surface area (Å²) in [4.78, 5) is 1.44. The van der Waals surface area contributed by atoms with Crippen molar-refractivity contribution < 1.29 is 0 Å². The molecule has 0 aliphatic carbocycles. The molecule has 0 aromatic heterocycles. The summed E-state index contributed by atoms with van der Waals surface area (Å²) >= 11 is 2.02. The highest BCUT2D eigenvalue weighted by atomic mass is 32.2. The molecule has 37 heavy (non-hydrogen) atoms. The van der Waals surface area contributed by atoms with Crippen LogP contribution in [-0.4, -0.2) is 4.75 Å². The van der Waals surface area contributed by atoms with Crippen molar-refractivity contribution in [1.82, 2.24) is 0 Å². The maximum Gasteiger partial charge on any atom is 0.0244 e. The Morgan fingerprint density at radius 3 is 0.973 bits per heavy atom. The lowest BCUT2D eigenvalue weighted by Gasteiger charge is -2.30. The maximum atomic E-state index is 2.38. The number of thioether (sulfide) groups is 1. The topological polar surface area (TPSA) is 0 Å². The minimum atomic E-state index is -0.709. The summed E-state index contributed by atoms with van der Waals surface area (Å²) in [6.07, 6.45) is 0. The Hall–Kier alpha value is -2.69. The molecule has 0 amide bonds. The Morgan fingerprint density at radius 1 is 0.405 bits per heavy atom. The Morgan fingerprint density at radius 2 is 0.703 bits per heavy atom. The van der Waals surface area contributed by atoms with Crippen molar-refractivity contribution in [3.8, 4) is 0 Å². The Kier molecular flexibility index (Phi) is 8.26. The summed E-state index contributed by atoms with van der Waals surface area (Å²) in [6, 6.07) is 51.3. The SMILES string of the molecule is CC(C)(C)Sc1c(P(c2ccccc2)c2ccccc2)cccc1P(c1ccccc1)c1ccccc1. The van der Waals surface area contributed by atoms with E-state index in [1.807, 2.05) is 11.8 Å². The molecule has 0 fully saturated rings. The molecule has 0 aliphatic heterocycles. The zero-order valence-electron chi connectivity index (χ0n) is 21.6. The van der Waals surface area contributed by atoms with Gasteiger partial charge in [-0.25, -0.2) is 0 Å². The van der Waals surface area contributed by atoms with Gasteiger partial charge in [0.15, 0.2) is 0 Å². The average Bonchev–Trinajstić information content (AvgIpc) is 2.92. The van der Waals surface area contributed by atoms with Gasteiger partial charge in [-0.1, -0.05) is 160 Å². The van der Waals surface area contributed by atoms with E-state index in [-0.39, 0.29) is 4.75 Å². The first-order valence-electron chi connectivity index (χ1n) is 12.6. The highest BCUT2D eigenvalue weighted by molar-refractivity contribution is 8.02. The molecule has 184 valence electrons. The van der Waals surface area contributed by atoms with Gasteiger partial charge in [-0.05, 0) is 47.7 Å². The zero-order valence-corrected chi connectivity index (χ0v) is 24.2. The van der Waals surface area contributed by atoms with Crippen LogP contribution in [0.2, 0.25) is 0 Å². The molecule has 0 aliphatic rings. The van der Waals surface area contributed by atoms with Crippen LogP contribution in [-0.2, 0) is 0 Å². The van der Waals surface area contributed by atoms with Gasteiger partial charge in [0.05, 0.1) is 0 Å². The molecule has 0 spiro atoms. The molecule has 0 bridgehead atoms. The van der Waals surface area contributed by atoms with Crippen molar-refractivity contribution in [3.05, 3.63) is 140 Å². The van der Waals surface area contributed by atoms with E-state index in [1.165, 1.54) is 36.7 Å². The van der Waals surface area contributed by atoms with Crippen molar-refractivity contribution >= 4 is 59.4 Å². The van der Waals surface area contributed by atoms with E-state index in [0.717, 1.165) is 0 Å². The van der Waals surface area contributed by atoms with Crippen molar-refractivity contribution in [1.29, 1.82) is 0 Å². The Labute approximate surface area is 228 Å². The molecule has 0 radical (unpaired) electrons. The molecular formula is C34H32P2S. The zero-order chi connectivity index (χ0) is 25.7. The van der Waals surface area contributed by atoms with Crippen molar-refractivity contribution in [2.75, 3.05) is 0 Å². The first-order valence-corrected chi connectivity index (χ1v) is 16.1. The van der Waals surface area contributed by atoms with Crippen LogP contribution in [0.4, 0.5) is 0 Å². The molecule has 0 nitrogen and oxygen atoms in total. The van der Waals surface area contributed by atoms with E-state index >= 15 is 0 Å². The first-order chi connectivity index (χ1) is 18.0. The van der Waals surface area contributed by atoms with Gasteiger partial charge in [-0.3, -0.25) is 0 Å². The van der Waals surface area contributed by atoms with Crippen LogP contribution in [0.3, 0.4) is 0 Å². The second kappa shape index (κ2) is 11.8. The van der Waals surface area contributed by atoms with Crippen LogP contribution in [0.5, 0.6) is 0 Å². The van der Waals surface area contributed by atoms with Crippen LogP contribution in [0.25, 0.3) is 0 Å². The summed E-state index contributed by atoms with van der Waals surface area (Å²) in [7, 11) is -1.42. The van der Waals surface area contributed by atoms with E-state index in [1.54, 1.807) is 0 Å². The fourth-order valence-corrected chi connectivity index (χ4v) is 11.0. The second-order valence-electron chi connectivity index (χ2n) is 9.85. The molecule has 5 aromatic carbocycles. The third-order valence-electron chi connectivity index (χ3n) is 5.92. The Bertz CT molecular complexity index is 1230. The van der Waals surface area contributed by atoms with Crippen LogP contribution in [0, 0.1) is 0 Å². The molecule has 0 unspecified atom stereocenters. The molecule has 0 heterocycles. The minimum absolute atomic E-state index is 0.0770. The number of hydrogen-bond acceptors (Lipinski definition) is 1. The second-order valence-corrected chi connectivity index (χ2v) is 16.1. The average molecular weight is 535 g/mol. The van der Waals surface area contributed by atoms with Crippen molar-refractivity contribution in [2.24, 2.45) is 0 Å². The number of benzene rings is 5. The largest absolute Gasteiger partial charge is 0.119 e. The van der Waals surface area contributed by atoms with Gasteiger partial charge in [0.1, 0.15) is 0 Å². The molecule has 0 N–H and O–H groups in total. The predicted molar refractivity (Wildman–Crippen MR) is 169 cm³/mol. The fraction of sp³-hybridized carbons (Fsp3) is 0.118. The third-order valence-corrected chi connectivity index (χ3v) is 12.4. The summed E-state index contributed by atoms with van der Waals surface area (Å²) in [5.74, 6) is 0. The minimum Gasteiger partial charge on any atom is -0.119 e. The van der Waals surface area contributed by atoms with Gasteiger partial charge in [0.2, 0.25) is 0 Å². The standard InChI is InChI=1S/C34H32P2S/c1-34(2,3)37-33-31(35(27-17-8-4-9-18-27)28-19-10-5-11-20-28)25-16-26-32(33)36(29-21-12-6-13-22-29)30-23-14-7-15-24-30/h4-26H,1-3H3. The molecule has 3 heteroatoms. The highest BCUT2D eigenvalue weighted by Crippen LogP contribution is 2.44. The van der Waals surface area contributed by atoms with Gasteiger partial charge < -0.3 is 0 Å². The fourth-order valence-electron chi connectivity index (χ4n) is 4.44. The summed E-state index contributed by atoms with van der Waals surface area (Å²) in [6.45, 7) is 7.00. The van der Waals surface area contributed by atoms with E-state index < -0.39 is 15.8 Å². The lowest BCUT2D eigenvalue weighted by Crippen LogP contribution is -2.30. The Balaban J connectivity index is 1.79. The van der Waals surface area contributed by atoms with E-state index in [0.29, 0.717) is 0 Å². The summed E-state index contributed by atoms with van der Waals surface area (Å²) in [5, 5.41) is 8.45. The lowest BCUT2D eigenvalue weighted by atomic mass is 10.3. The maximum absolute atomic E-state index is 2.38. The van der Waals surface area contributed by atoms with Gasteiger partial charge >= 0.3 is 0 Å². The smallest absolute Gasteiger partial charge is 0.0244 e. The number of hydrogen-bond donors (Lipinski definition) is 0. The summed E-state index contributed by atoms with van der Waals surface area (Å²) in [5.41, 5.74) is 0. The first kappa shape index (κ1) is 25.9. The summed E-state index contributed by atoms with van der Waals surface area (Å²) < 4.78 is 0.0770. The normalized spacial score (nSPS) is 11.7. The van der Waals surface area contributed by atoms with Gasteiger partial charge in [0, 0.05) is 9.64 Å². The third kappa shape index (κ3) is 6.25. The molecule has 0 atom stereocenters. The van der Waals surface area contributed by atoms with Gasteiger partial charge in [-0.15, -0.1) is 11.8 Å². The van der Waals surface area contributed by atoms with Crippen molar-refractivity contribution in [3.63, 3.8) is 0 Å². The van der Waals surface area contributed by atoms with Crippen LogP contribution >= 0.6 is 27.6 Å². The lowest BCUT2D eigenvalue weighted by molar-refractivity contribution is 0.803. The molecular weight excluding hydrogens is 502 g/mol. The number of rotatable bonds is 7. The molecule has 5 rings (SSSR count). The molecule has 0 saturated carbocycles. The highest BCUT2D eigenvalue weighted by Gasteiger charge is 2.28.